The summed E-state index contributed by atoms with van der Waals surface area (Å²) in [5, 5.41) is 0. The Labute approximate surface area is 64.2 Å². The molecule has 0 radical (unpaired) electrons. The van der Waals surface area contributed by atoms with Crippen LogP contribution in [0.2, 0.25) is 0 Å². The molecule has 1 aromatic heterocycles. The van der Waals surface area contributed by atoms with Gasteiger partial charge in [0.2, 0.25) is 0 Å². The number of hydrogen-bond donors (Lipinski definition) is 0. The predicted octanol–water partition coefficient (Wildman–Crippen LogP) is 3.38. The molecular weight excluding hydrogens is 180 g/mol. The van der Waals surface area contributed by atoms with E-state index in [-0.39, 0.29) is 0 Å². The van der Waals surface area contributed by atoms with Gasteiger partial charge in [-0.1, -0.05) is 13.8 Å². The first-order valence-electron chi connectivity index (χ1n) is 3.01. The van der Waals surface area contributed by atoms with Crippen molar-refractivity contribution in [2.75, 3.05) is 0 Å². The molecule has 0 unspecified atom stereocenters. The molecule has 1 aromatic rings. The maximum atomic E-state index is 5.00. The molecule has 0 aliphatic heterocycles. The molecule has 9 heavy (non-hydrogen) atoms. The van der Waals surface area contributed by atoms with Crippen LogP contribution in [0, 0.1) is 6.92 Å². The molecule has 0 amide bonds. The fourth-order valence-electron chi connectivity index (χ4n) is 0.405. The smallest absolute Gasteiger partial charge is 0.169 e. The molecule has 0 saturated carbocycles. The largest absolute Gasteiger partial charge is 0.455 e. The monoisotopic (exact) mass is 190 g/mol. The van der Waals surface area contributed by atoms with E-state index in [1.54, 1.807) is 0 Å². The second-order valence-electron chi connectivity index (χ2n) is 1.35. The highest BCUT2D eigenvalue weighted by atomic mass is 79.9. The highest BCUT2D eigenvalue weighted by Gasteiger charge is 1.87. The standard InChI is InChI=1S/C5H5BrO.C2H6/c1-4-2-3-5(6)7-4;1-2/h2-3H,1H3;1-2H3. The Hall–Kier alpha value is -0.240. The molecule has 0 aliphatic carbocycles. The van der Waals surface area contributed by atoms with Crippen LogP contribution in [0.1, 0.15) is 19.6 Å². The lowest BCUT2D eigenvalue weighted by Crippen LogP contribution is -1.49. The van der Waals surface area contributed by atoms with E-state index in [0.717, 1.165) is 10.4 Å². The van der Waals surface area contributed by atoms with Gasteiger partial charge in [-0.3, -0.25) is 0 Å². The molecule has 2 heteroatoms. The summed E-state index contributed by atoms with van der Waals surface area (Å²) in [4.78, 5) is 0. The van der Waals surface area contributed by atoms with Crippen LogP contribution in [-0.4, -0.2) is 0 Å². The Morgan fingerprint density at radius 1 is 1.33 bits per heavy atom. The SMILES string of the molecule is CC.Cc1ccc(Br)o1. The van der Waals surface area contributed by atoms with Gasteiger partial charge in [-0.25, -0.2) is 0 Å². The molecule has 0 spiro atoms. The van der Waals surface area contributed by atoms with Crippen LogP contribution in [0.5, 0.6) is 0 Å². The first-order chi connectivity index (χ1) is 4.29. The van der Waals surface area contributed by atoms with Crippen molar-refractivity contribution in [3.8, 4) is 0 Å². The fraction of sp³-hybridized carbons (Fsp3) is 0.429. The lowest BCUT2D eigenvalue weighted by atomic mass is 10.5. The molecule has 0 aliphatic rings. The topological polar surface area (TPSA) is 13.1 Å². The molecule has 1 heterocycles. The van der Waals surface area contributed by atoms with E-state index in [9.17, 15) is 0 Å². The van der Waals surface area contributed by atoms with Crippen molar-refractivity contribution >= 4 is 15.9 Å². The van der Waals surface area contributed by atoms with Crippen LogP contribution in [0.3, 0.4) is 0 Å². The van der Waals surface area contributed by atoms with Crippen LogP contribution >= 0.6 is 15.9 Å². The molecule has 0 atom stereocenters. The Morgan fingerprint density at radius 3 is 2.00 bits per heavy atom. The van der Waals surface area contributed by atoms with Crippen LogP contribution in [-0.2, 0) is 0 Å². The molecule has 0 bridgehead atoms. The number of halogens is 1. The molecule has 1 rings (SSSR count). The fourth-order valence-corrected chi connectivity index (χ4v) is 0.792. The third-order valence-corrected chi connectivity index (χ3v) is 1.13. The quantitative estimate of drug-likeness (QED) is 0.612. The van der Waals surface area contributed by atoms with Gasteiger partial charge in [0.1, 0.15) is 5.76 Å². The van der Waals surface area contributed by atoms with Crippen molar-refractivity contribution in [1.82, 2.24) is 0 Å². The van der Waals surface area contributed by atoms with E-state index >= 15 is 0 Å². The van der Waals surface area contributed by atoms with Crippen molar-refractivity contribution in [3.63, 3.8) is 0 Å². The van der Waals surface area contributed by atoms with E-state index in [1.165, 1.54) is 0 Å². The first-order valence-corrected chi connectivity index (χ1v) is 3.80. The number of hydrogen-bond acceptors (Lipinski definition) is 1. The first kappa shape index (κ1) is 8.76. The van der Waals surface area contributed by atoms with E-state index in [4.69, 9.17) is 4.42 Å². The summed E-state index contributed by atoms with van der Waals surface area (Å²) in [7, 11) is 0. The second-order valence-corrected chi connectivity index (χ2v) is 2.13. The normalized spacial score (nSPS) is 8.00. The lowest BCUT2D eigenvalue weighted by Gasteiger charge is -1.74. The molecule has 0 saturated heterocycles. The molecule has 1 nitrogen and oxygen atoms in total. The highest BCUT2D eigenvalue weighted by molar-refractivity contribution is 9.10. The van der Waals surface area contributed by atoms with Gasteiger partial charge in [0, 0.05) is 0 Å². The average molecular weight is 191 g/mol. The van der Waals surface area contributed by atoms with Gasteiger partial charge >= 0.3 is 0 Å². The summed E-state index contributed by atoms with van der Waals surface area (Å²) in [6.07, 6.45) is 0. The van der Waals surface area contributed by atoms with E-state index in [0.29, 0.717) is 0 Å². The summed E-state index contributed by atoms with van der Waals surface area (Å²) in [6.45, 7) is 5.91. The number of aryl methyl sites for hydroxylation is 1. The van der Waals surface area contributed by atoms with Crippen molar-refractivity contribution < 1.29 is 4.42 Å². The van der Waals surface area contributed by atoms with Crippen molar-refractivity contribution in [1.29, 1.82) is 0 Å². The number of furan rings is 1. The third kappa shape index (κ3) is 3.36. The number of rotatable bonds is 0. The zero-order chi connectivity index (χ0) is 7.28. The Bertz CT molecular complexity index is 141. The maximum absolute atomic E-state index is 5.00. The van der Waals surface area contributed by atoms with Gasteiger partial charge < -0.3 is 4.42 Å². The van der Waals surface area contributed by atoms with Crippen LogP contribution in [0.15, 0.2) is 21.2 Å². The zero-order valence-corrected chi connectivity index (χ0v) is 7.53. The second kappa shape index (κ2) is 4.62. The van der Waals surface area contributed by atoms with Gasteiger partial charge in [-0.15, -0.1) is 0 Å². The summed E-state index contributed by atoms with van der Waals surface area (Å²) in [5.74, 6) is 0.937. The van der Waals surface area contributed by atoms with Crippen molar-refractivity contribution in [2.45, 2.75) is 20.8 Å². The lowest BCUT2D eigenvalue weighted by molar-refractivity contribution is 0.510. The zero-order valence-electron chi connectivity index (χ0n) is 5.94. The van der Waals surface area contributed by atoms with Crippen molar-refractivity contribution in [3.05, 3.63) is 22.6 Å². The van der Waals surface area contributed by atoms with Gasteiger partial charge in [0.25, 0.3) is 0 Å². The Morgan fingerprint density at radius 2 is 1.89 bits per heavy atom. The molecule has 0 N–H and O–H groups in total. The summed E-state index contributed by atoms with van der Waals surface area (Å²) < 4.78 is 5.80. The molecule has 0 aromatic carbocycles. The van der Waals surface area contributed by atoms with Gasteiger partial charge in [0.15, 0.2) is 4.67 Å². The van der Waals surface area contributed by atoms with E-state index < -0.39 is 0 Å². The van der Waals surface area contributed by atoms with Gasteiger partial charge in [-0.2, -0.15) is 0 Å². The maximum Gasteiger partial charge on any atom is 0.169 e. The molecular formula is C7H11BrO. The van der Waals surface area contributed by atoms with Crippen LogP contribution in [0.4, 0.5) is 0 Å². The van der Waals surface area contributed by atoms with E-state index in [1.807, 2.05) is 32.9 Å². The minimum absolute atomic E-state index is 0.796. The minimum Gasteiger partial charge on any atom is -0.455 e. The van der Waals surface area contributed by atoms with E-state index in [2.05, 4.69) is 15.9 Å². The average Bonchev–Trinajstić information content (AvgIpc) is 2.20. The highest BCUT2D eigenvalue weighted by Crippen LogP contribution is 2.11. The summed E-state index contributed by atoms with van der Waals surface area (Å²) >= 11 is 3.17. The summed E-state index contributed by atoms with van der Waals surface area (Å²) in [6, 6.07) is 3.78. The third-order valence-electron chi connectivity index (χ3n) is 0.708. The predicted molar refractivity (Wildman–Crippen MR) is 42.5 cm³/mol. The Balaban J connectivity index is 0.000000291. The van der Waals surface area contributed by atoms with Crippen molar-refractivity contribution in [2.24, 2.45) is 0 Å². The summed E-state index contributed by atoms with van der Waals surface area (Å²) in [5.41, 5.74) is 0. The minimum atomic E-state index is 0.796. The molecule has 52 valence electrons. The molecule has 0 fully saturated rings. The van der Waals surface area contributed by atoms with Gasteiger partial charge in [-0.05, 0) is 35.0 Å². The van der Waals surface area contributed by atoms with Crippen LogP contribution in [0.25, 0.3) is 0 Å². The van der Waals surface area contributed by atoms with Gasteiger partial charge in [0.05, 0.1) is 0 Å². The van der Waals surface area contributed by atoms with Crippen LogP contribution < -0.4 is 0 Å². The Kier molecular flexibility index (Phi) is 4.50.